The Morgan fingerprint density at radius 1 is 1.58 bits per heavy atom. The molecular weight excluding hydrogens is 250 g/mol. The van der Waals surface area contributed by atoms with Gasteiger partial charge in [0.15, 0.2) is 0 Å². The van der Waals surface area contributed by atoms with Crippen LogP contribution in [-0.4, -0.2) is 33.7 Å². The molecule has 2 N–H and O–H groups in total. The average Bonchev–Trinajstić information content (AvgIpc) is 2.71. The van der Waals surface area contributed by atoms with E-state index in [0.717, 1.165) is 0 Å². The van der Waals surface area contributed by atoms with Crippen LogP contribution < -0.4 is 10.9 Å². The van der Waals surface area contributed by atoms with Crippen LogP contribution in [0, 0.1) is 6.92 Å². The molecule has 0 atom stereocenters. The zero-order valence-corrected chi connectivity index (χ0v) is 10.8. The molecule has 0 aliphatic rings. The smallest absolute Gasteiger partial charge is 0.265 e. The van der Waals surface area contributed by atoms with E-state index in [9.17, 15) is 9.59 Å². The fourth-order valence-electron chi connectivity index (χ4n) is 1.83. The zero-order chi connectivity index (χ0) is 14.0. The van der Waals surface area contributed by atoms with E-state index in [1.54, 1.807) is 14.0 Å². The number of carbonyl (C=O) groups excluding carboxylic acids is 1. The number of aliphatic hydroxyl groups excluding tert-OH is 1. The van der Waals surface area contributed by atoms with Crippen molar-refractivity contribution in [1.82, 2.24) is 14.9 Å². The zero-order valence-electron chi connectivity index (χ0n) is 10.8. The van der Waals surface area contributed by atoms with Gasteiger partial charge in [0.25, 0.3) is 11.5 Å². The summed E-state index contributed by atoms with van der Waals surface area (Å²) in [5, 5.41) is 11.5. The minimum Gasteiger partial charge on any atom is -0.442 e. The Hall–Kier alpha value is -2.15. The van der Waals surface area contributed by atoms with Gasteiger partial charge in [-0.3, -0.25) is 9.59 Å². The highest BCUT2D eigenvalue weighted by atomic mass is 16.3. The van der Waals surface area contributed by atoms with Crippen molar-refractivity contribution in [3.05, 3.63) is 28.0 Å². The summed E-state index contributed by atoms with van der Waals surface area (Å²) in [5.74, 6) is -0.0397. The number of nitrogens with one attached hydrogen (secondary N) is 1. The molecule has 0 saturated heterocycles. The number of rotatable bonds is 4. The normalized spacial score (nSPS) is 10.9. The van der Waals surface area contributed by atoms with Crippen molar-refractivity contribution in [3.8, 4) is 0 Å². The summed E-state index contributed by atoms with van der Waals surface area (Å²) in [6.45, 7) is 1.94. The molecule has 2 rings (SSSR count). The van der Waals surface area contributed by atoms with Crippen LogP contribution in [0.1, 0.15) is 22.5 Å². The van der Waals surface area contributed by atoms with E-state index < -0.39 is 5.91 Å². The standard InChI is InChI=1S/C12H15N3O4/c1-7-8(10(17)13-4-3-5-16)9-11(19-7)14-6-15(2)12(9)18/h6,16H,3-5H2,1-2H3,(H,13,17). The third-order valence-electron chi connectivity index (χ3n) is 2.80. The Kier molecular flexibility index (Phi) is 3.66. The average molecular weight is 265 g/mol. The first kappa shape index (κ1) is 13.3. The Labute approximate surface area is 108 Å². The van der Waals surface area contributed by atoms with Crippen molar-refractivity contribution in [2.24, 2.45) is 7.05 Å². The SMILES string of the molecule is Cc1oc2ncn(C)c(=O)c2c1C(=O)NCCCO. The Bertz CT molecular complexity index is 671. The molecule has 0 fully saturated rings. The maximum atomic E-state index is 12.1. The van der Waals surface area contributed by atoms with E-state index in [-0.39, 0.29) is 28.8 Å². The molecule has 0 unspecified atom stereocenters. The molecule has 19 heavy (non-hydrogen) atoms. The molecule has 2 aromatic heterocycles. The molecule has 0 saturated carbocycles. The van der Waals surface area contributed by atoms with Gasteiger partial charge >= 0.3 is 0 Å². The maximum Gasteiger partial charge on any atom is 0.265 e. The van der Waals surface area contributed by atoms with Crippen LogP contribution in [0.25, 0.3) is 11.1 Å². The van der Waals surface area contributed by atoms with Crippen LogP contribution in [0.15, 0.2) is 15.5 Å². The summed E-state index contributed by atoms with van der Waals surface area (Å²) < 4.78 is 6.62. The van der Waals surface area contributed by atoms with Crippen LogP contribution in [0.5, 0.6) is 0 Å². The van der Waals surface area contributed by atoms with Gasteiger partial charge in [-0.05, 0) is 13.3 Å². The van der Waals surface area contributed by atoms with E-state index in [2.05, 4.69) is 10.3 Å². The van der Waals surface area contributed by atoms with Gasteiger partial charge in [0.2, 0.25) is 5.71 Å². The summed E-state index contributed by atoms with van der Waals surface area (Å²) in [6, 6.07) is 0. The molecular formula is C12H15N3O4. The van der Waals surface area contributed by atoms with Crippen LogP contribution in [-0.2, 0) is 7.05 Å². The number of hydrogen-bond acceptors (Lipinski definition) is 5. The van der Waals surface area contributed by atoms with Crippen LogP contribution >= 0.6 is 0 Å². The van der Waals surface area contributed by atoms with Gasteiger partial charge in [-0.25, -0.2) is 4.98 Å². The van der Waals surface area contributed by atoms with Crippen LogP contribution in [0.2, 0.25) is 0 Å². The highest BCUT2D eigenvalue weighted by molar-refractivity contribution is 6.06. The lowest BCUT2D eigenvalue weighted by molar-refractivity contribution is 0.0951. The van der Waals surface area contributed by atoms with Gasteiger partial charge in [-0.15, -0.1) is 0 Å². The Balaban J connectivity index is 2.47. The first-order valence-corrected chi connectivity index (χ1v) is 5.90. The van der Waals surface area contributed by atoms with Gasteiger partial charge in [-0.1, -0.05) is 0 Å². The molecule has 0 bridgehead atoms. The molecule has 2 aromatic rings. The van der Waals surface area contributed by atoms with E-state index in [0.29, 0.717) is 18.7 Å². The topological polar surface area (TPSA) is 97.4 Å². The number of aryl methyl sites for hydroxylation is 2. The Morgan fingerprint density at radius 3 is 3.00 bits per heavy atom. The molecule has 1 amide bonds. The molecule has 0 spiro atoms. The quantitative estimate of drug-likeness (QED) is 0.755. The minimum absolute atomic E-state index is 0.00524. The summed E-state index contributed by atoms with van der Waals surface area (Å²) in [4.78, 5) is 28.1. The largest absolute Gasteiger partial charge is 0.442 e. The maximum absolute atomic E-state index is 12.1. The number of hydrogen-bond donors (Lipinski definition) is 2. The monoisotopic (exact) mass is 265 g/mol. The van der Waals surface area contributed by atoms with Gasteiger partial charge in [0.1, 0.15) is 17.5 Å². The molecule has 0 aliphatic carbocycles. The second kappa shape index (κ2) is 5.23. The lowest BCUT2D eigenvalue weighted by atomic mass is 10.2. The van der Waals surface area contributed by atoms with Gasteiger partial charge in [0.05, 0.1) is 5.56 Å². The number of carbonyl (C=O) groups is 1. The molecule has 0 aliphatic heterocycles. The van der Waals surface area contributed by atoms with E-state index in [1.807, 2.05) is 0 Å². The predicted octanol–water partition coefficient (Wildman–Crippen LogP) is -0.0529. The van der Waals surface area contributed by atoms with Gasteiger partial charge < -0.3 is 19.4 Å². The third kappa shape index (κ3) is 2.37. The summed E-state index contributed by atoms with van der Waals surface area (Å²) >= 11 is 0. The second-order valence-electron chi connectivity index (χ2n) is 4.21. The van der Waals surface area contributed by atoms with Gasteiger partial charge in [-0.2, -0.15) is 0 Å². The van der Waals surface area contributed by atoms with Gasteiger partial charge in [0, 0.05) is 20.2 Å². The van der Waals surface area contributed by atoms with Crippen molar-refractivity contribution in [2.75, 3.05) is 13.2 Å². The molecule has 0 aromatic carbocycles. The second-order valence-corrected chi connectivity index (χ2v) is 4.21. The molecule has 7 heteroatoms. The number of nitrogens with zero attached hydrogens (tertiary/aromatic N) is 2. The van der Waals surface area contributed by atoms with Crippen LogP contribution in [0.3, 0.4) is 0 Å². The fraction of sp³-hybridized carbons (Fsp3) is 0.417. The number of fused-ring (bicyclic) bond motifs is 1. The molecule has 0 radical (unpaired) electrons. The van der Waals surface area contributed by atoms with Crippen LogP contribution in [0.4, 0.5) is 0 Å². The lowest BCUT2D eigenvalue weighted by Crippen LogP contribution is -2.27. The highest BCUT2D eigenvalue weighted by Gasteiger charge is 2.21. The number of aliphatic hydroxyl groups is 1. The summed E-state index contributed by atoms with van der Waals surface area (Å²) in [7, 11) is 1.56. The van der Waals surface area contributed by atoms with Crippen molar-refractivity contribution in [1.29, 1.82) is 0 Å². The van der Waals surface area contributed by atoms with Crippen molar-refractivity contribution < 1.29 is 14.3 Å². The lowest BCUT2D eigenvalue weighted by Gasteiger charge is -2.03. The van der Waals surface area contributed by atoms with Crippen molar-refractivity contribution in [2.45, 2.75) is 13.3 Å². The molecule has 102 valence electrons. The summed E-state index contributed by atoms with van der Waals surface area (Å²) in [6.07, 6.45) is 1.80. The Morgan fingerprint density at radius 2 is 2.32 bits per heavy atom. The minimum atomic E-state index is -0.394. The number of amides is 1. The molecule has 7 nitrogen and oxygen atoms in total. The number of aromatic nitrogens is 2. The van der Waals surface area contributed by atoms with E-state index in [4.69, 9.17) is 9.52 Å². The highest BCUT2D eigenvalue weighted by Crippen LogP contribution is 2.20. The summed E-state index contributed by atoms with van der Waals surface area (Å²) in [5.41, 5.74) is 0.0451. The first-order valence-electron chi connectivity index (χ1n) is 5.90. The predicted molar refractivity (Wildman–Crippen MR) is 68.0 cm³/mol. The molecule has 2 heterocycles. The van der Waals surface area contributed by atoms with Crippen molar-refractivity contribution >= 4 is 17.0 Å². The first-order chi connectivity index (χ1) is 9.06. The van der Waals surface area contributed by atoms with Crippen molar-refractivity contribution in [3.63, 3.8) is 0 Å². The third-order valence-corrected chi connectivity index (χ3v) is 2.80. The number of furan rings is 1. The fourth-order valence-corrected chi connectivity index (χ4v) is 1.83. The van der Waals surface area contributed by atoms with E-state index >= 15 is 0 Å². The van der Waals surface area contributed by atoms with E-state index in [1.165, 1.54) is 10.9 Å².